The number of anilines is 1. The number of benzene rings is 3. The van der Waals surface area contributed by atoms with E-state index in [2.05, 4.69) is 10.3 Å². The molecule has 28 heavy (non-hydrogen) atoms. The molecule has 1 aliphatic rings. The maximum atomic E-state index is 13.5. The van der Waals surface area contributed by atoms with Crippen LogP contribution in [-0.4, -0.2) is 20.9 Å². The third kappa shape index (κ3) is 2.60. The van der Waals surface area contributed by atoms with E-state index in [0.717, 1.165) is 33.9 Å². The van der Waals surface area contributed by atoms with Gasteiger partial charge in [0.15, 0.2) is 0 Å². The predicted molar refractivity (Wildman–Crippen MR) is 108 cm³/mol. The first-order chi connectivity index (χ1) is 13.7. The minimum Gasteiger partial charge on any atom is -0.302 e. The van der Waals surface area contributed by atoms with Crippen molar-refractivity contribution >= 4 is 11.6 Å². The van der Waals surface area contributed by atoms with Crippen LogP contribution in [0.1, 0.15) is 21.6 Å². The van der Waals surface area contributed by atoms with Crippen LogP contribution >= 0.6 is 0 Å². The zero-order valence-corrected chi connectivity index (χ0v) is 15.4. The Hall–Kier alpha value is -3.73. The number of rotatable bonds is 2. The van der Waals surface area contributed by atoms with E-state index in [1.807, 2.05) is 85.8 Å². The fraction of sp³-hybridized carbons (Fsp3) is 0.0870. The highest BCUT2D eigenvalue weighted by Gasteiger charge is 2.30. The van der Waals surface area contributed by atoms with Crippen molar-refractivity contribution in [2.45, 2.75) is 13.5 Å². The standard InChI is InChI=1S/C23H18N4O/c1-16-12-13-20-19(14-16)23(28)26(18-10-6-3-7-11-18)15-21-22(24-25-27(20)21)17-8-4-2-5-9-17/h2-14H,15H2,1H3. The number of carbonyl (C=O) groups is 1. The molecule has 2 heterocycles. The van der Waals surface area contributed by atoms with E-state index < -0.39 is 0 Å². The van der Waals surface area contributed by atoms with Gasteiger partial charge in [-0.1, -0.05) is 65.4 Å². The summed E-state index contributed by atoms with van der Waals surface area (Å²) in [6, 6.07) is 25.6. The fourth-order valence-corrected chi connectivity index (χ4v) is 3.65. The highest BCUT2D eigenvalue weighted by atomic mass is 16.2. The Morgan fingerprint density at radius 2 is 1.61 bits per heavy atom. The van der Waals surface area contributed by atoms with Crippen molar-refractivity contribution in [2.75, 3.05) is 4.90 Å². The Morgan fingerprint density at radius 3 is 2.36 bits per heavy atom. The number of fused-ring (bicyclic) bond motifs is 3. The van der Waals surface area contributed by atoms with E-state index in [0.29, 0.717) is 12.1 Å². The average molecular weight is 366 g/mol. The van der Waals surface area contributed by atoms with Gasteiger partial charge in [0.1, 0.15) is 5.69 Å². The van der Waals surface area contributed by atoms with Crippen LogP contribution in [0.4, 0.5) is 5.69 Å². The summed E-state index contributed by atoms with van der Waals surface area (Å²) in [6.45, 7) is 2.39. The van der Waals surface area contributed by atoms with E-state index in [1.165, 1.54) is 0 Å². The summed E-state index contributed by atoms with van der Waals surface area (Å²) in [4.78, 5) is 15.3. The maximum absolute atomic E-state index is 13.5. The van der Waals surface area contributed by atoms with Gasteiger partial charge in [-0.25, -0.2) is 4.68 Å². The minimum absolute atomic E-state index is 0.0330. The first-order valence-electron chi connectivity index (χ1n) is 9.20. The molecule has 1 amide bonds. The molecular weight excluding hydrogens is 348 g/mol. The largest absolute Gasteiger partial charge is 0.302 e. The molecule has 0 unspecified atom stereocenters. The van der Waals surface area contributed by atoms with Gasteiger partial charge < -0.3 is 4.90 Å². The monoisotopic (exact) mass is 366 g/mol. The number of hydrogen-bond donors (Lipinski definition) is 0. The molecule has 3 aromatic carbocycles. The van der Waals surface area contributed by atoms with Gasteiger partial charge in [-0.05, 0) is 31.2 Å². The minimum atomic E-state index is -0.0330. The van der Waals surface area contributed by atoms with Crippen LogP contribution in [0.15, 0.2) is 78.9 Å². The highest BCUT2D eigenvalue weighted by molar-refractivity contribution is 6.09. The molecule has 0 fully saturated rings. The van der Waals surface area contributed by atoms with E-state index in [1.54, 1.807) is 9.58 Å². The van der Waals surface area contributed by atoms with E-state index in [-0.39, 0.29) is 5.91 Å². The van der Waals surface area contributed by atoms with Crippen LogP contribution in [0.25, 0.3) is 16.9 Å². The van der Waals surface area contributed by atoms with Crippen LogP contribution in [0.2, 0.25) is 0 Å². The molecule has 4 aromatic rings. The topological polar surface area (TPSA) is 51.0 Å². The number of aromatic nitrogens is 3. The SMILES string of the molecule is Cc1ccc2c(c1)C(=O)N(c1ccccc1)Cc1c(-c3ccccc3)nnn1-2. The van der Waals surface area contributed by atoms with Crippen molar-refractivity contribution in [1.29, 1.82) is 0 Å². The molecule has 5 rings (SSSR count). The third-order valence-corrected chi connectivity index (χ3v) is 5.04. The summed E-state index contributed by atoms with van der Waals surface area (Å²) in [5, 5.41) is 8.87. The van der Waals surface area contributed by atoms with Crippen LogP contribution < -0.4 is 4.90 Å². The molecule has 1 aromatic heterocycles. The molecule has 5 heteroatoms. The first kappa shape index (κ1) is 16.4. The van der Waals surface area contributed by atoms with Crippen molar-refractivity contribution in [1.82, 2.24) is 15.0 Å². The van der Waals surface area contributed by atoms with Crippen LogP contribution in [-0.2, 0) is 6.54 Å². The Balaban J connectivity index is 1.76. The molecule has 0 saturated carbocycles. The highest BCUT2D eigenvalue weighted by Crippen LogP contribution is 2.32. The number of carbonyl (C=O) groups excluding carboxylic acids is 1. The molecule has 5 nitrogen and oxygen atoms in total. The number of hydrogen-bond acceptors (Lipinski definition) is 3. The zero-order valence-electron chi connectivity index (χ0n) is 15.4. The van der Waals surface area contributed by atoms with Crippen molar-refractivity contribution in [2.24, 2.45) is 0 Å². The second-order valence-electron chi connectivity index (χ2n) is 6.91. The lowest BCUT2D eigenvalue weighted by Crippen LogP contribution is -2.29. The lowest BCUT2D eigenvalue weighted by atomic mass is 10.1. The third-order valence-electron chi connectivity index (χ3n) is 5.04. The van der Waals surface area contributed by atoms with Gasteiger partial charge in [-0.15, -0.1) is 5.10 Å². The van der Waals surface area contributed by atoms with Crippen LogP contribution in [0, 0.1) is 6.92 Å². The predicted octanol–water partition coefficient (Wildman–Crippen LogP) is 4.40. The van der Waals surface area contributed by atoms with E-state index in [4.69, 9.17) is 0 Å². The van der Waals surface area contributed by atoms with Gasteiger partial charge in [0.2, 0.25) is 0 Å². The molecule has 0 aliphatic carbocycles. The Labute approximate surface area is 162 Å². The first-order valence-corrected chi connectivity index (χ1v) is 9.20. The Bertz CT molecular complexity index is 1170. The summed E-state index contributed by atoms with van der Waals surface area (Å²) in [5.74, 6) is -0.0330. The van der Waals surface area contributed by atoms with E-state index >= 15 is 0 Å². The van der Waals surface area contributed by atoms with Gasteiger partial charge >= 0.3 is 0 Å². The average Bonchev–Trinajstić information content (AvgIpc) is 3.11. The second kappa shape index (κ2) is 6.46. The summed E-state index contributed by atoms with van der Waals surface area (Å²) >= 11 is 0. The normalized spacial score (nSPS) is 13.0. The maximum Gasteiger partial charge on any atom is 0.260 e. The molecule has 1 aliphatic heterocycles. The molecule has 0 N–H and O–H groups in total. The quantitative estimate of drug-likeness (QED) is 0.528. The number of nitrogens with zero attached hydrogens (tertiary/aromatic N) is 4. The van der Waals surface area contributed by atoms with Gasteiger partial charge in [0.05, 0.1) is 23.5 Å². The summed E-state index contributed by atoms with van der Waals surface area (Å²) < 4.78 is 1.80. The van der Waals surface area contributed by atoms with Gasteiger partial charge in [-0.2, -0.15) is 0 Å². The van der Waals surface area contributed by atoms with Crippen molar-refractivity contribution in [3.63, 3.8) is 0 Å². The molecule has 136 valence electrons. The fourth-order valence-electron chi connectivity index (χ4n) is 3.65. The Kier molecular flexibility index (Phi) is 3.79. The summed E-state index contributed by atoms with van der Waals surface area (Å²) in [5.41, 5.74) is 5.96. The second-order valence-corrected chi connectivity index (χ2v) is 6.91. The van der Waals surface area contributed by atoms with Crippen molar-refractivity contribution < 1.29 is 4.79 Å². The lowest BCUT2D eigenvalue weighted by molar-refractivity contribution is 0.0986. The van der Waals surface area contributed by atoms with Crippen LogP contribution in [0.3, 0.4) is 0 Å². The molecule has 0 saturated heterocycles. The number of para-hydroxylation sites is 1. The molecule has 0 atom stereocenters. The lowest BCUT2D eigenvalue weighted by Gasteiger charge is -2.21. The molecule has 0 spiro atoms. The molecule has 0 bridgehead atoms. The zero-order chi connectivity index (χ0) is 19.1. The van der Waals surface area contributed by atoms with Gasteiger partial charge in [0, 0.05) is 11.3 Å². The molecular formula is C23H18N4O. The Morgan fingerprint density at radius 1 is 0.893 bits per heavy atom. The van der Waals surface area contributed by atoms with Gasteiger partial charge in [-0.3, -0.25) is 4.79 Å². The summed E-state index contributed by atoms with van der Waals surface area (Å²) in [7, 11) is 0. The summed E-state index contributed by atoms with van der Waals surface area (Å²) in [6.07, 6.45) is 0. The van der Waals surface area contributed by atoms with Crippen molar-refractivity contribution in [3.8, 4) is 16.9 Å². The molecule has 0 radical (unpaired) electrons. The number of amides is 1. The number of aryl methyl sites for hydroxylation is 1. The smallest absolute Gasteiger partial charge is 0.260 e. The van der Waals surface area contributed by atoms with Crippen LogP contribution in [0.5, 0.6) is 0 Å². The van der Waals surface area contributed by atoms with Gasteiger partial charge in [0.25, 0.3) is 5.91 Å². The van der Waals surface area contributed by atoms with E-state index in [9.17, 15) is 4.79 Å². The van der Waals surface area contributed by atoms with Crippen molar-refractivity contribution in [3.05, 3.63) is 95.7 Å².